The van der Waals surface area contributed by atoms with E-state index < -0.39 is 10.0 Å². The molecule has 0 fully saturated rings. The molecule has 1 atom stereocenters. The van der Waals surface area contributed by atoms with Gasteiger partial charge >= 0.3 is 0 Å². The van der Waals surface area contributed by atoms with Gasteiger partial charge in [-0.3, -0.25) is 4.79 Å². The third-order valence-corrected chi connectivity index (χ3v) is 6.78. The van der Waals surface area contributed by atoms with Gasteiger partial charge in [0, 0.05) is 25.2 Å². The molecule has 6 heteroatoms. The van der Waals surface area contributed by atoms with Gasteiger partial charge in [0.05, 0.1) is 4.90 Å². The van der Waals surface area contributed by atoms with Gasteiger partial charge < -0.3 is 4.90 Å². The fourth-order valence-corrected chi connectivity index (χ4v) is 5.00. The Morgan fingerprint density at radius 2 is 1.79 bits per heavy atom. The topological polar surface area (TPSA) is 66.5 Å². The van der Waals surface area contributed by atoms with Crippen LogP contribution in [0.25, 0.3) is 10.8 Å². The van der Waals surface area contributed by atoms with Crippen molar-refractivity contribution in [3.05, 3.63) is 71.8 Å². The molecule has 4 rings (SSSR count). The lowest BCUT2D eigenvalue weighted by Gasteiger charge is -2.17. The Kier molecular flexibility index (Phi) is 4.69. The monoisotopic (exact) mass is 394 g/mol. The number of fused-ring (bicyclic) bond motifs is 2. The molecule has 1 aliphatic heterocycles. The smallest absolute Gasteiger partial charge is 0.241 e. The number of hydrogen-bond donors (Lipinski definition) is 1. The molecule has 0 radical (unpaired) electrons. The molecule has 3 aromatic carbocycles. The largest absolute Gasteiger partial charge is 0.312 e. The van der Waals surface area contributed by atoms with Crippen molar-refractivity contribution < 1.29 is 13.2 Å². The molecule has 1 unspecified atom stereocenters. The van der Waals surface area contributed by atoms with E-state index in [1.54, 1.807) is 23.1 Å². The number of rotatable bonds is 4. The van der Waals surface area contributed by atoms with Crippen molar-refractivity contribution in [2.24, 2.45) is 0 Å². The normalized spacial score (nSPS) is 14.9. The summed E-state index contributed by atoms with van der Waals surface area (Å²) in [6.45, 7) is 3.95. The summed E-state index contributed by atoms with van der Waals surface area (Å²) < 4.78 is 28.6. The first-order valence-electron chi connectivity index (χ1n) is 9.27. The average molecular weight is 394 g/mol. The van der Waals surface area contributed by atoms with E-state index in [2.05, 4.69) is 4.72 Å². The lowest BCUT2D eigenvalue weighted by Crippen LogP contribution is -2.27. The molecule has 0 saturated carbocycles. The van der Waals surface area contributed by atoms with Crippen LogP contribution in [-0.2, 0) is 21.2 Å². The quantitative estimate of drug-likeness (QED) is 0.732. The third kappa shape index (κ3) is 3.41. The van der Waals surface area contributed by atoms with Crippen molar-refractivity contribution in [3.63, 3.8) is 0 Å². The third-order valence-electron chi connectivity index (χ3n) is 5.24. The highest BCUT2D eigenvalue weighted by atomic mass is 32.2. The van der Waals surface area contributed by atoms with Crippen LogP contribution in [0.2, 0.25) is 0 Å². The zero-order valence-electron chi connectivity index (χ0n) is 15.8. The van der Waals surface area contributed by atoms with Crippen molar-refractivity contribution in [3.8, 4) is 0 Å². The Morgan fingerprint density at radius 3 is 2.54 bits per heavy atom. The van der Waals surface area contributed by atoms with E-state index in [0.717, 1.165) is 27.6 Å². The Balaban J connectivity index is 1.59. The van der Waals surface area contributed by atoms with Crippen LogP contribution in [0, 0.1) is 0 Å². The zero-order valence-corrected chi connectivity index (χ0v) is 16.7. The summed E-state index contributed by atoms with van der Waals surface area (Å²) in [5, 5.41) is 2.20. The number of hydrogen-bond acceptors (Lipinski definition) is 3. The van der Waals surface area contributed by atoms with Gasteiger partial charge in [-0.2, -0.15) is 0 Å². The van der Waals surface area contributed by atoms with Crippen LogP contribution in [-0.4, -0.2) is 20.9 Å². The van der Waals surface area contributed by atoms with Crippen molar-refractivity contribution >= 4 is 32.4 Å². The maximum atomic E-state index is 12.9. The summed E-state index contributed by atoms with van der Waals surface area (Å²) >= 11 is 0. The first-order valence-corrected chi connectivity index (χ1v) is 10.8. The van der Waals surface area contributed by atoms with Gasteiger partial charge in [-0.25, -0.2) is 13.1 Å². The van der Waals surface area contributed by atoms with Crippen molar-refractivity contribution in [1.29, 1.82) is 0 Å². The molecule has 0 spiro atoms. The molecule has 1 N–H and O–H groups in total. The first-order chi connectivity index (χ1) is 13.3. The molecular formula is C22H22N2O3S. The first kappa shape index (κ1) is 18.7. The average Bonchev–Trinajstić information content (AvgIpc) is 3.11. The second-order valence-electron chi connectivity index (χ2n) is 7.16. The van der Waals surface area contributed by atoms with Crippen molar-refractivity contribution in [2.45, 2.75) is 31.2 Å². The Hall–Kier alpha value is -2.70. The van der Waals surface area contributed by atoms with Crippen LogP contribution in [0.4, 0.5) is 5.69 Å². The van der Waals surface area contributed by atoms with E-state index >= 15 is 0 Å². The van der Waals surface area contributed by atoms with E-state index in [-0.39, 0.29) is 16.8 Å². The van der Waals surface area contributed by atoms with Gasteiger partial charge in [0.1, 0.15) is 0 Å². The highest BCUT2D eigenvalue weighted by molar-refractivity contribution is 7.89. The number of benzene rings is 3. The number of anilines is 1. The number of nitrogens with one attached hydrogen (secondary N) is 1. The van der Waals surface area contributed by atoms with Crippen molar-refractivity contribution in [1.82, 2.24) is 4.72 Å². The minimum absolute atomic E-state index is 0.0302. The van der Waals surface area contributed by atoms with Gasteiger partial charge in [0.25, 0.3) is 0 Å². The summed E-state index contributed by atoms with van der Waals surface area (Å²) in [5.41, 5.74) is 2.59. The van der Waals surface area contributed by atoms with Crippen LogP contribution in [0.5, 0.6) is 0 Å². The van der Waals surface area contributed by atoms with E-state index in [9.17, 15) is 13.2 Å². The predicted molar refractivity (Wildman–Crippen MR) is 111 cm³/mol. The minimum Gasteiger partial charge on any atom is -0.312 e. The summed E-state index contributed by atoms with van der Waals surface area (Å²) in [6, 6.07) is 18.5. The predicted octanol–water partition coefficient (Wildman–Crippen LogP) is 3.79. The molecule has 1 heterocycles. The van der Waals surface area contributed by atoms with Crippen molar-refractivity contribution in [2.75, 3.05) is 11.4 Å². The molecule has 5 nitrogen and oxygen atoms in total. The van der Waals surface area contributed by atoms with E-state index in [0.29, 0.717) is 13.0 Å². The Labute approximate surface area is 165 Å². The summed E-state index contributed by atoms with van der Waals surface area (Å²) in [4.78, 5) is 13.6. The maximum absolute atomic E-state index is 12.9. The van der Waals surface area contributed by atoms with Crippen LogP contribution < -0.4 is 9.62 Å². The molecule has 1 aliphatic rings. The molecule has 0 saturated heterocycles. The number of carbonyl (C=O) groups excluding carboxylic acids is 1. The summed E-state index contributed by atoms with van der Waals surface area (Å²) in [6.07, 6.45) is 0.665. The summed E-state index contributed by atoms with van der Waals surface area (Å²) in [7, 11) is -3.67. The van der Waals surface area contributed by atoms with Gasteiger partial charge in [0.15, 0.2) is 0 Å². The molecule has 28 heavy (non-hydrogen) atoms. The minimum atomic E-state index is -3.67. The standard InChI is InChI=1S/C22H22N2O3S/c1-15(18-8-7-17-5-3-4-6-19(17)13-18)23-28(26,27)21-9-10-22-20(14-21)11-12-24(22)16(2)25/h3-10,13-15,23H,11-12H2,1-2H3. The van der Waals surface area contributed by atoms with Gasteiger partial charge in [-0.1, -0.05) is 36.4 Å². The van der Waals surface area contributed by atoms with Crippen LogP contribution >= 0.6 is 0 Å². The SMILES string of the molecule is CC(=O)N1CCc2cc(S(=O)(=O)NC(C)c3ccc4ccccc4c3)ccc21. The highest BCUT2D eigenvalue weighted by Gasteiger charge is 2.25. The molecule has 144 valence electrons. The summed E-state index contributed by atoms with van der Waals surface area (Å²) in [5.74, 6) is -0.0302. The molecule has 1 amide bonds. The Morgan fingerprint density at radius 1 is 1.04 bits per heavy atom. The van der Waals surface area contributed by atoms with E-state index in [1.807, 2.05) is 49.4 Å². The lowest BCUT2D eigenvalue weighted by atomic mass is 10.0. The molecule has 3 aromatic rings. The number of amides is 1. The zero-order chi connectivity index (χ0) is 19.9. The second kappa shape index (κ2) is 7.04. The molecule has 0 aliphatic carbocycles. The van der Waals surface area contributed by atoms with Crippen LogP contribution in [0.3, 0.4) is 0 Å². The molecule has 0 bridgehead atoms. The molecular weight excluding hydrogens is 372 g/mol. The van der Waals surface area contributed by atoms with Crippen LogP contribution in [0.15, 0.2) is 65.6 Å². The molecule has 0 aromatic heterocycles. The number of nitrogens with zero attached hydrogens (tertiary/aromatic N) is 1. The van der Waals surface area contributed by atoms with Crippen LogP contribution in [0.1, 0.15) is 31.0 Å². The number of carbonyl (C=O) groups is 1. The Bertz CT molecular complexity index is 1170. The van der Waals surface area contributed by atoms with E-state index in [4.69, 9.17) is 0 Å². The highest BCUT2D eigenvalue weighted by Crippen LogP contribution is 2.31. The number of sulfonamides is 1. The maximum Gasteiger partial charge on any atom is 0.241 e. The second-order valence-corrected chi connectivity index (χ2v) is 8.87. The fraction of sp³-hybridized carbons (Fsp3) is 0.227. The fourth-order valence-electron chi connectivity index (χ4n) is 3.72. The van der Waals surface area contributed by atoms with E-state index in [1.165, 1.54) is 6.92 Å². The van der Waals surface area contributed by atoms with Gasteiger partial charge in [-0.05, 0) is 59.5 Å². The van der Waals surface area contributed by atoms with Gasteiger partial charge in [-0.15, -0.1) is 0 Å². The lowest BCUT2D eigenvalue weighted by molar-refractivity contribution is -0.116. The van der Waals surface area contributed by atoms with Gasteiger partial charge in [0.2, 0.25) is 15.9 Å².